The Hall–Kier alpha value is -3.12. The van der Waals surface area contributed by atoms with E-state index in [4.69, 9.17) is 4.98 Å². The quantitative estimate of drug-likeness (QED) is 0.319. The van der Waals surface area contributed by atoms with Crippen molar-refractivity contribution in [2.24, 2.45) is 5.92 Å². The summed E-state index contributed by atoms with van der Waals surface area (Å²) in [6.07, 6.45) is 4.63. The van der Waals surface area contributed by atoms with Crippen LogP contribution in [0.3, 0.4) is 0 Å². The molecule has 4 aromatic rings. The van der Waals surface area contributed by atoms with Gasteiger partial charge >= 0.3 is 0 Å². The molecule has 0 fully saturated rings. The zero-order valence-electron chi connectivity index (χ0n) is 19.4. The van der Waals surface area contributed by atoms with E-state index in [0.717, 1.165) is 33.9 Å². The molecule has 33 heavy (non-hydrogen) atoms. The van der Waals surface area contributed by atoms with Gasteiger partial charge in [-0.05, 0) is 48.6 Å². The summed E-state index contributed by atoms with van der Waals surface area (Å²) in [6.45, 7) is 7.79. The highest BCUT2D eigenvalue weighted by Crippen LogP contribution is 2.27. The first-order chi connectivity index (χ1) is 16.0. The molecular formula is C27H30N4OS. The van der Waals surface area contributed by atoms with E-state index in [-0.39, 0.29) is 5.91 Å². The van der Waals surface area contributed by atoms with Crippen LogP contribution in [-0.4, -0.2) is 27.0 Å². The van der Waals surface area contributed by atoms with E-state index >= 15 is 0 Å². The molecule has 0 radical (unpaired) electrons. The summed E-state index contributed by atoms with van der Waals surface area (Å²) in [4.78, 5) is 21.6. The van der Waals surface area contributed by atoms with Crippen LogP contribution in [0.1, 0.15) is 47.3 Å². The summed E-state index contributed by atoms with van der Waals surface area (Å²) in [5, 5.41) is 3.97. The number of nitrogens with one attached hydrogen (secondary N) is 1. The third kappa shape index (κ3) is 6.02. The maximum Gasteiger partial charge on any atom is 0.251 e. The van der Waals surface area contributed by atoms with Crippen LogP contribution in [0.4, 0.5) is 0 Å². The first kappa shape index (κ1) is 23.1. The molecule has 0 aliphatic rings. The average Bonchev–Trinajstić information content (AvgIpc) is 3.16. The van der Waals surface area contributed by atoms with Gasteiger partial charge in [0.15, 0.2) is 5.16 Å². The standard InChI is InChI=1S/C27H30N4OS/c1-19(2)12-15-29-26(32)23-10-8-21(9-11-23)17-31-25-16-28-14-13-24(25)30-27(31)33-18-22-6-4-20(3)5-7-22/h4-11,13-14,16,19H,12,15,17-18H2,1-3H3,(H,29,32). The molecule has 1 amide bonds. The number of aromatic nitrogens is 3. The summed E-state index contributed by atoms with van der Waals surface area (Å²) in [5.41, 5.74) is 6.30. The van der Waals surface area contributed by atoms with Gasteiger partial charge < -0.3 is 9.88 Å². The second-order valence-corrected chi connectivity index (χ2v) is 9.70. The molecular weight excluding hydrogens is 428 g/mol. The molecule has 0 aliphatic heterocycles. The molecule has 4 rings (SSSR count). The smallest absolute Gasteiger partial charge is 0.251 e. The molecule has 170 valence electrons. The fraction of sp³-hybridized carbons (Fsp3) is 0.296. The Morgan fingerprint density at radius 2 is 1.76 bits per heavy atom. The van der Waals surface area contributed by atoms with Crippen LogP contribution in [0.2, 0.25) is 0 Å². The second-order valence-electron chi connectivity index (χ2n) is 8.75. The lowest BCUT2D eigenvalue weighted by Crippen LogP contribution is -2.25. The lowest BCUT2D eigenvalue weighted by molar-refractivity contribution is 0.0952. The lowest BCUT2D eigenvalue weighted by Gasteiger charge is -2.11. The zero-order valence-corrected chi connectivity index (χ0v) is 20.2. The van der Waals surface area contributed by atoms with Crippen LogP contribution in [0.5, 0.6) is 0 Å². The topological polar surface area (TPSA) is 59.8 Å². The molecule has 0 unspecified atom stereocenters. The van der Waals surface area contributed by atoms with E-state index in [1.165, 1.54) is 11.1 Å². The maximum atomic E-state index is 12.4. The largest absolute Gasteiger partial charge is 0.352 e. The highest BCUT2D eigenvalue weighted by Gasteiger charge is 2.13. The van der Waals surface area contributed by atoms with E-state index in [9.17, 15) is 4.79 Å². The Bertz CT molecular complexity index is 1210. The summed E-state index contributed by atoms with van der Waals surface area (Å²) in [6, 6.07) is 18.4. The van der Waals surface area contributed by atoms with Gasteiger partial charge in [0.25, 0.3) is 5.91 Å². The van der Waals surface area contributed by atoms with Crippen LogP contribution in [0.15, 0.2) is 72.1 Å². The van der Waals surface area contributed by atoms with Gasteiger partial charge in [0.2, 0.25) is 0 Å². The number of carbonyl (C=O) groups excluding carboxylic acids is 1. The molecule has 2 aromatic carbocycles. The van der Waals surface area contributed by atoms with Crippen molar-refractivity contribution in [1.82, 2.24) is 19.9 Å². The fourth-order valence-electron chi connectivity index (χ4n) is 3.56. The number of benzene rings is 2. The summed E-state index contributed by atoms with van der Waals surface area (Å²) in [5.74, 6) is 1.41. The van der Waals surface area contributed by atoms with Crippen molar-refractivity contribution in [3.8, 4) is 0 Å². The SMILES string of the molecule is Cc1ccc(CSc2nc3ccncc3n2Cc2ccc(C(=O)NCCC(C)C)cc2)cc1. The fourth-order valence-corrected chi connectivity index (χ4v) is 4.53. The van der Waals surface area contributed by atoms with E-state index in [0.29, 0.717) is 24.6 Å². The van der Waals surface area contributed by atoms with E-state index in [1.807, 2.05) is 36.5 Å². The highest BCUT2D eigenvalue weighted by atomic mass is 32.2. The maximum absolute atomic E-state index is 12.4. The van der Waals surface area contributed by atoms with Gasteiger partial charge in [0.1, 0.15) is 0 Å². The number of amides is 1. The molecule has 0 bridgehead atoms. The van der Waals surface area contributed by atoms with Crippen LogP contribution in [0.25, 0.3) is 11.0 Å². The Morgan fingerprint density at radius 1 is 1.03 bits per heavy atom. The van der Waals surface area contributed by atoms with Crippen molar-refractivity contribution >= 4 is 28.7 Å². The Kier molecular flexibility index (Phi) is 7.45. The number of fused-ring (bicyclic) bond motifs is 1. The van der Waals surface area contributed by atoms with Crippen LogP contribution in [-0.2, 0) is 12.3 Å². The van der Waals surface area contributed by atoms with Gasteiger partial charge in [-0.3, -0.25) is 9.78 Å². The normalized spacial score (nSPS) is 11.3. The van der Waals surface area contributed by atoms with E-state index < -0.39 is 0 Å². The van der Waals surface area contributed by atoms with Crippen molar-refractivity contribution in [3.63, 3.8) is 0 Å². The Morgan fingerprint density at radius 3 is 2.48 bits per heavy atom. The van der Waals surface area contributed by atoms with Crippen LogP contribution in [0, 0.1) is 12.8 Å². The number of pyridine rings is 1. The van der Waals surface area contributed by atoms with Crippen molar-refractivity contribution in [1.29, 1.82) is 0 Å². The minimum absolute atomic E-state index is 0.0196. The summed E-state index contributed by atoms with van der Waals surface area (Å²) < 4.78 is 2.21. The lowest BCUT2D eigenvalue weighted by atomic mass is 10.1. The van der Waals surface area contributed by atoms with Crippen LogP contribution < -0.4 is 5.32 Å². The number of nitrogens with zero attached hydrogens (tertiary/aromatic N) is 3. The predicted octanol–water partition coefficient (Wildman–Crippen LogP) is 5.86. The van der Waals surface area contributed by atoms with Crippen LogP contribution >= 0.6 is 11.8 Å². The third-order valence-electron chi connectivity index (χ3n) is 5.57. The minimum Gasteiger partial charge on any atom is -0.352 e. The Labute approximate surface area is 199 Å². The van der Waals surface area contributed by atoms with Gasteiger partial charge in [-0.2, -0.15) is 0 Å². The second kappa shape index (κ2) is 10.7. The molecule has 1 N–H and O–H groups in total. The molecule has 5 nitrogen and oxygen atoms in total. The number of imidazole rings is 1. The monoisotopic (exact) mass is 458 g/mol. The summed E-state index contributed by atoms with van der Waals surface area (Å²) in [7, 11) is 0. The molecule has 0 atom stereocenters. The van der Waals surface area contributed by atoms with Crippen molar-refractivity contribution in [2.75, 3.05) is 6.54 Å². The molecule has 2 aromatic heterocycles. The average molecular weight is 459 g/mol. The number of rotatable bonds is 9. The number of hydrogen-bond acceptors (Lipinski definition) is 4. The number of thioether (sulfide) groups is 1. The predicted molar refractivity (Wildman–Crippen MR) is 136 cm³/mol. The molecule has 0 saturated carbocycles. The highest BCUT2D eigenvalue weighted by molar-refractivity contribution is 7.98. The van der Waals surface area contributed by atoms with Crippen molar-refractivity contribution < 1.29 is 4.79 Å². The van der Waals surface area contributed by atoms with Gasteiger partial charge in [-0.25, -0.2) is 4.98 Å². The van der Waals surface area contributed by atoms with Gasteiger partial charge in [0.05, 0.1) is 23.8 Å². The van der Waals surface area contributed by atoms with Gasteiger partial charge in [-0.15, -0.1) is 0 Å². The number of carbonyl (C=O) groups is 1. The molecule has 0 spiro atoms. The molecule has 0 aliphatic carbocycles. The number of hydrogen-bond donors (Lipinski definition) is 1. The van der Waals surface area contributed by atoms with E-state index in [1.54, 1.807) is 18.0 Å². The zero-order chi connectivity index (χ0) is 23.2. The van der Waals surface area contributed by atoms with Crippen molar-refractivity contribution in [2.45, 2.75) is 44.6 Å². The molecule has 6 heteroatoms. The van der Waals surface area contributed by atoms with E-state index in [2.05, 4.69) is 59.9 Å². The number of aryl methyl sites for hydroxylation is 1. The first-order valence-corrected chi connectivity index (χ1v) is 12.3. The van der Waals surface area contributed by atoms with Gasteiger partial charge in [-0.1, -0.05) is 67.6 Å². The first-order valence-electron chi connectivity index (χ1n) is 11.4. The molecule has 0 saturated heterocycles. The van der Waals surface area contributed by atoms with Gasteiger partial charge in [0, 0.05) is 24.1 Å². The third-order valence-corrected chi connectivity index (χ3v) is 6.62. The Balaban J connectivity index is 1.49. The van der Waals surface area contributed by atoms with Crippen molar-refractivity contribution in [3.05, 3.63) is 89.2 Å². The molecule has 2 heterocycles. The minimum atomic E-state index is -0.0196. The summed E-state index contributed by atoms with van der Waals surface area (Å²) >= 11 is 1.73.